The highest BCUT2D eigenvalue weighted by Gasteiger charge is 2.11. The fraction of sp³-hybridized carbons (Fsp3) is 0.182. The Morgan fingerprint density at radius 2 is 2.31 bits per heavy atom. The summed E-state index contributed by atoms with van der Waals surface area (Å²) in [6.45, 7) is 0. The average Bonchev–Trinajstić information content (AvgIpc) is 2.76. The van der Waals surface area contributed by atoms with Gasteiger partial charge in [-0.1, -0.05) is 15.9 Å². The SMILES string of the molecule is NC(Cc1cc(F)ccc1Br)c1cncs1. The quantitative estimate of drug-likeness (QED) is 0.945. The van der Waals surface area contributed by atoms with Crippen LogP contribution in [0.15, 0.2) is 34.4 Å². The van der Waals surface area contributed by atoms with Gasteiger partial charge in [0, 0.05) is 21.6 Å². The highest BCUT2D eigenvalue weighted by atomic mass is 79.9. The lowest BCUT2D eigenvalue weighted by molar-refractivity contribution is 0.621. The Morgan fingerprint density at radius 3 is 3.00 bits per heavy atom. The van der Waals surface area contributed by atoms with E-state index in [1.54, 1.807) is 17.8 Å². The van der Waals surface area contributed by atoms with Crippen LogP contribution in [0.4, 0.5) is 4.39 Å². The van der Waals surface area contributed by atoms with Gasteiger partial charge in [0.25, 0.3) is 0 Å². The molecule has 84 valence electrons. The van der Waals surface area contributed by atoms with Gasteiger partial charge in [0.15, 0.2) is 0 Å². The molecule has 1 heterocycles. The monoisotopic (exact) mass is 300 g/mol. The van der Waals surface area contributed by atoms with Crippen molar-refractivity contribution in [2.45, 2.75) is 12.5 Å². The fourth-order valence-electron chi connectivity index (χ4n) is 1.45. The number of thiazole rings is 1. The highest BCUT2D eigenvalue weighted by molar-refractivity contribution is 9.10. The van der Waals surface area contributed by atoms with Gasteiger partial charge in [-0.2, -0.15) is 0 Å². The Kier molecular flexibility index (Phi) is 3.68. The Bertz CT molecular complexity index is 473. The van der Waals surface area contributed by atoms with Gasteiger partial charge in [-0.15, -0.1) is 11.3 Å². The molecule has 0 radical (unpaired) electrons. The van der Waals surface area contributed by atoms with E-state index in [4.69, 9.17) is 5.73 Å². The van der Waals surface area contributed by atoms with E-state index in [-0.39, 0.29) is 11.9 Å². The molecular formula is C11H10BrFN2S. The maximum atomic E-state index is 13.1. The fourth-order valence-corrected chi connectivity index (χ4v) is 2.48. The first-order chi connectivity index (χ1) is 7.66. The summed E-state index contributed by atoms with van der Waals surface area (Å²) < 4.78 is 14.0. The van der Waals surface area contributed by atoms with Gasteiger partial charge in [0.2, 0.25) is 0 Å². The third-order valence-corrected chi connectivity index (χ3v) is 3.95. The van der Waals surface area contributed by atoms with Crippen molar-refractivity contribution in [1.29, 1.82) is 0 Å². The molecule has 2 N–H and O–H groups in total. The summed E-state index contributed by atoms with van der Waals surface area (Å²) in [5, 5.41) is 0. The predicted molar refractivity (Wildman–Crippen MR) is 66.8 cm³/mol. The van der Waals surface area contributed by atoms with Crippen LogP contribution in [-0.4, -0.2) is 4.98 Å². The van der Waals surface area contributed by atoms with E-state index in [1.165, 1.54) is 23.5 Å². The molecule has 1 aromatic heterocycles. The summed E-state index contributed by atoms with van der Waals surface area (Å²) >= 11 is 4.90. The zero-order valence-corrected chi connectivity index (χ0v) is 10.8. The van der Waals surface area contributed by atoms with Crippen molar-refractivity contribution < 1.29 is 4.39 Å². The zero-order chi connectivity index (χ0) is 11.5. The molecule has 0 aliphatic heterocycles. The van der Waals surface area contributed by atoms with Crippen LogP contribution in [0.2, 0.25) is 0 Å². The number of nitrogens with zero attached hydrogens (tertiary/aromatic N) is 1. The first kappa shape index (κ1) is 11.7. The predicted octanol–water partition coefficient (Wildman–Crippen LogP) is 3.29. The van der Waals surface area contributed by atoms with Crippen molar-refractivity contribution in [3.8, 4) is 0 Å². The minimum absolute atomic E-state index is 0.134. The Labute approximate surface area is 105 Å². The number of nitrogens with two attached hydrogens (primary N) is 1. The maximum absolute atomic E-state index is 13.1. The maximum Gasteiger partial charge on any atom is 0.123 e. The Morgan fingerprint density at radius 1 is 1.50 bits per heavy atom. The number of rotatable bonds is 3. The van der Waals surface area contributed by atoms with Gasteiger partial charge < -0.3 is 5.73 Å². The molecule has 0 saturated carbocycles. The van der Waals surface area contributed by atoms with Crippen molar-refractivity contribution in [1.82, 2.24) is 4.98 Å². The van der Waals surface area contributed by atoms with Crippen LogP contribution in [0.3, 0.4) is 0 Å². The van der Waals surface area contributed by atoms with Crippen molar-refractivity contribution in [3.05, 3.63) is 50.6 Å². The van der Waals surface area contributed by atoms with Crippen molar-refractivity contribution in [2.75, 3.05) is 0 Å². The summed E-state index contributed by atoms with van der Waals surface area (Å²) in [6.07, 6.45) is 2.35. The van der Waals surface area contributed by atoms with E-state index in [0.29, 0.717) is 6.42 Å². The minimum Gasteiger partial charge on any atom is -0.323 e. The van der Waals surface area contributed by atoms with Gasteiger partial charge in [0.1, 0.15) is 5.82 Å². The number of hydrogen-bond acceptors (Lipinski definition) is 3. The largest absolute Gasteiger partial charge is 0.323 e. The summed E-state index contributed by atoms with van der Waals surface area (Å²) in [5.41, 5.74) is 8.64. The minimum atomic E-state index is -0.241. The first-order valence-corrected chi connectivity index (χ1v) is 6.42. The lowest BCUT2D eigenvalue weighted by Gasteiger charge is -2.10. The van der Waals surface area contributed by atoms with E-state index in [2.05, 4.69) is 20.9 Å². The summed E-state index contributed by atoms with van der Waals surface area (Å²) in [4.78, 5) is 4.99. The van der Waals surface area contributed by atoms with Crippen molar-refractivity contribution in [3.63, 3.8) is 0 Å². The average molecular weight is 301 g/mol. The number of hydrogen-bond donors (Lipinski definition) is 1. The van der Waals surface area contributed by atoms with Gasteiger partial charge >= 0.3 is 0 Å². The first-order valence-electron chi connectivity index (χ1n) is 4.74. The van der Waals surface area contributed by atoms with E-state index < -0.39 is 0 Å². The van der Waals surface area contributed by atoms with E-state index in [1.807, 2.05) is 0 Å². The summed E-state index contributed by atoms with van der Waals surface area (Å²) in [7, 11) is 0. The topological polar surface area (TPSA) is 38.9 Å². The molecule has 0 amide bonds. The molecule has 1 unspecified atom stereocenters. The molecule has 0 aliphatic rings. The number of halogens is 2. The smallest absolute Gasteiger partial charge is 0.123 e. The highest BCUT2D eigenvalue weighted by Crippen LogP contribution is 2.24. The molecule has 2 rings (SSSR count). The molecule has 1 aromatic carbocycles. The number of aromatic nitrogens is 1. The molecule has 2 aromatic rings. The van der Waals surface area contributed by atoms with E-state index >= 15 is 0 Å². The zero-order valence-electron chi connectivity index (χ0n) is 8.36. The molecule has 0 saturated heterocycles. The summed E-state index contributed by atoms with van der Waals surface area (Å²) in [6, 6.07) is 4.49. The van der Waals surface area contributed by atoms with Crippen LogP contribution >= 0.6 is 27.3 Å². The van der Waals surface area contributed by atoms with E-state index in [9.17, 15) is 4.39 Å². The molecule has 0 aliphatic carbocycles. The Hall–Kier alpha value is -0.780. The molecule has 16 heavy (non-hydrogen) atoms. The molecule has 1 atom stereocenters. The molecule has 0 bridgehead atoms. The van der Waals surface area contributed by atoms with E-state index in [0.717, 1.165) is 14.9 Å². The van der Waals surface area contributed by atoms with Gasteiger partial charge in [-0.3, -0.25) is 4.98 Å². The van der Waals surface area contributed by atoms with Crippen molar-refractivity contribution in [2.24, 2.45) is 5.73 Å². The van der Waals surface area contributed by atoms with Crippen LogP contribution in [0.5, 0.6) is 0 Å². The van der Waals surface area contributed by atoms with Crippen LogP contribution in [-0.2, 0) is 6.42 Å². The van der Waals surface area contributed by atoms with Crippen molar-refractivity contribution >= 4 is 27.3 Å². The van der Waals surface area contributed by atoms with Gasteiger partial charge in [-0.05, 0) is 30.2 Å². The third kappa shape index (κ3) is 2.66. The van der Waals surface area contributed by atoms with Gasteiger partial charge in [0.05, 0.1) is 5.51 Å². The standard InChI is InChI=1S/C11H10BrFN2S/c12-9-2-1-8(13)3-7(9)4-10(14)11-5-15-6-16-11/h1-3,5-6,10H,4,14H2. The normalized spacial score (nSPS) is 12.7. The molecular weight excluding hydrogens is 291 g/mol. The lowest BCUT2D eigenvalue weighted by Crippen LogP contribution is -2.12. The number of benzene rings is 1. The third-order valence-electron chi connectivity index (χ3n) is 2.26. The molecule has 5 heteroatoms. The van der Waals surface area contributed by atoms with Crippen LogP contribution in [0.1, 0.15) is 16.5 Å². The second kappa shape index (κ2) is 5.03. The van der Waals surface area contributed by atoms with Crippen LogP contribution in [0.25, 0.3) is 0 Å². The Balaban J connectivity index is 2.17. The molecule has 0 spiro atoms. The lowest BCUT2D eigenvalue weighted by atomic mass is 10.1. The second-order valence-corrected chi connectivity index (χ2v) is 5.22. The van der Waals surface area contributed by atoms with Crippen LogP contribution < -0.4 is 5.73 Å². The van der Waals surface area contributed by atoms with Crippen LogP contribution in [0, 0.1) is 5.82 Å². The molecule has 0 fully saturated rings. The summed E-state index contributed by atoms with van der Waals surface area (Å²) in [5.74, 6) is -0.241. The second-order valence-electron chi connectivity index (χ2n) is 3.45. The molecule has 2 nitrogen and oxygen atoms in total. The van der Waals surface area contributed by atoms with Gasteiger partial charge in [-0.25, -0.2) is 4.39 Å².